The average Bonchev–Trinajstić information content (AvgIpc) is 3.31. The molecule has 1 aliphatic rings. The molecule has 3 aromatic carbocycles. The number of rotatable bonds is 7. The van der Waals surface area contributed by atoms with E-state index in [1.54, 1.807) is 30.2 Å². The Morgan fingerprint density at radius 3 is 2.43 bits per heavy atom. The molecule has 2 heterocycles. The zero-order valence-electron chi connectivity index (χ0n) is 20.1. The van der Waals surface area contributed by atoms with Crippen molar-refractivity contribution in [3.05, 3.63) is 66.7 Å². The lowest BCUT2D eigenvalue weighted by Gasteiger charge is -2.34. The highest BCUT2D eigenvalue weighted by Gasteiger charge is 2.30. The van der Waals surface area contributed by atoms with Crippen LogP contribution in [0.3, 0.4) is 0 Å². The van der Waals surface area contributed by atoms with E-state index in [4.69, 9.17) is 10.6 Å². The first-order valence-corrected chi connectivity index (χ1v) is 14.0. The molecule has 1 aromatic heterocycles. The summed E-state index contributed by atoms with van der Waals surface area (Å²) in [6, 6.07) is 20.1. The van der Waals surface area contributed by atoms with Gasteiger partial charge < -0.3 is 15.5 Å². The summed E-state index contributed by atoms with van der Waals surface area (Å²) in [6.45, 7) is 1.09. The number of carbonyl (C=O) groups is 1. The van der Waals surface area contributed by atoms with Crippen molar-refractivity contribution in [2.75, 3.05) is 44.9 Å². The number of hydrogen-bond donors (Lipinski definition) is 1. The number of nitrogens with two attached hydrogens (primary N) is 1. The van der Waals surface area contributed by atoms with Crippen LogP contribution in [-0.4, -0.2) is 77.4 Å². The number of sulfonamides is 1. The van der Waals surface area contributed by atoms with E-state index in [-0.39, 0.29) is 29.6 Å². The molecule has 0 bridgehead atoms. The van der Waals surface area contributed by atoms with E-state index in [0.29, 0.717) is 35.4 Å². The maximum Gasteiger partial charge on any atom is 0.243 e. The lowest BCUT2D eigenvalue weighted by atomic mass is 10.1. The second kappa shape index (κ2) is 10.4. The number of aromatic nitrogens is 3. The highest BCUT2D eigenvalue weighted by Crippen LogP contribution is 2.29. The molecule has 4 aromatic rings. The standard InChI is InChI=1S/C25H26N6O4S2/c1-35-22-9-5-4-8-21(22)24-27-28-25(31(24)26)36-17-23(32)29-12-14-30(15-13-29)37(33,34)20-11-10-18-6-2-3-7-19(18)16-20/h2-11,16H,12-15,17,26H2,1H3. The topological polar surface area (TPSA) is 124 Å². The smallest absolute Gasteiger partial charge is 0.243 e. The van der Waals surface area contributed by atoms with Gasteiger partial charge in [-0.15, -0.1) is 10.2 Å². The number of hydrogen-bond acceptors (Lipinski definition) is 8. The van der Waals surface area contributed by atoms with Gasteiger partial charge in [-0.05, 0) is 35.0 Å². The van der Waals surface area contributed by atoms with Gasteiger partial charge in [0, 0.05) is 26.2 Å². The summed E-state index contributed by atoms with van der Waals surface area (Å²) in [4.78, 5) is 14.8. The predicted octanol–water partition coefficient (Wildman–Crippen LogP) is 2.45. The zero-order chi connectivity index (χ0) is 26.0. The monoisotopic (exact) mass is 538 g/mol. The number of benzene rings is 3. The van der Waals surface area contributed by atoms with E-state index in [2.05, 4.69) is 10.2 Å². The maximum atomic E-state index is 13.2. The largest absolute Gasteiger partial charge is 0.496 e. The van der Waals surface area contributed by atoms with Crippen molar-refractivity contribution < 1.29 is 17.9 Å². The Labute approximate surface area is 219 Å². The molecule has 2 N–H and O–H groups in total. The SMILES string of the molecule is COc1ccccc1-c1nnc(SCC(=O)N2CCN(S(=O)(=O)c3ccc4ccccc4c3)CC2)n1N. The van der Waals surface area contributed by atoms with E-state index in [9.17, 15) is 13.2 Å². The van der Waals surface area contributed by atoms with Crippen molar-refractivity contribution in [1.82, 2.24) is 24.1 Å². The molecule has 0 atom stereocenters. The fraction of sp³-hybridized carbons (Fsp3) is 0.240. The van der Waals surface area contributed by atoms with E-state index in [0.717, 1.165) is 10.8 Å². The molecule has 1 aliphatic heterocycles. The highest BCUT2D eigenvalue weighted by molar-refractivity contribution is 7.99. The van der Waals surface area contributed by atoms with E-state index >= 15 is 0 Å². The molecular weight excluding hydrogens is 512 g/mol. The molecule has 0 radical (unpaired) electrons. The van der Waals surface area contributed by atoms with Gasteiger partial charge >= 0.3 is 0 Å². The Bertz CT molecular complexity index is 1550. The molecule has 1 amide bonds. The first-order valence-electron chi connectivity index (χ1n) is 11.6. The van der Waals surface area contributed by atoms with Crippen molar-refractivity contribution >= 4 is 38.5 Å². The molecule has 0 spiro atoms. The zero-order valence-corrected chi connectivity index (χ0v) is 21.8. The Morgan fingerprint density at radius 1 is 0.973 bits per heavy atom. The normalized spacial score (nSPS) is 14.7. The minimum absolute atomic E-state index is 0.110. The molecule has 0 unspecified atom stereocenters. The van der Waals surface area contributed by atoms with Crippen molar-refractivity contribution in [1.29, 1.82) is 0 Å². The lowest BCUT2D eigenvalue weighted by molar-refractivity contribution is -0.129. The Morgan fingerprint density at radius 2 is 1.68 bits per heavy atom. The summed E-state index contributed by atoms with van der Waals surface area (Å²) >= 11 is 1.18. The van der Waals surface area contributed by atoms with Gasteiger partial charge in [0.25, 0.3) is 0 Å². The van der Waals surface area contributed by atoms with Crippen molar-refractivity contribution in [2.45, 2.75) is 10.1 Å². The van der Waals surface area contributed by atoms with Crippen molar-refractivity contribution in [2.24, 2.45) is 0 Å². The van der Waals surface area contributed by atoms with E-state index in [1.807, 2.05) is 48.5 Å². The molecule has 10 nitrogen and oxygen atoms in total. The fourth-order valence-electron chi connectivity index (χ4n) is 4.26. The molecule has 0 aliphatic carbocycles. The van der Waals surface area contributed by atoms with Crippen molar-refractivity contribution in [3.63, 3.8) is 0 Å². The van der Waals surface area contributed by atoms with Crippen LogP contribution in [0.1, 0.15) is 0 Å². The van der Waals surface area contributed by atoms with Crippen LogP contribution in [-0.2, 0) is 14.8 Å². The number of amides is 1. The number of thioether (sulfide) groups is 1. The summed E-state index contributed by atoms with van der Waals surface area (Å²) in [7, 11) is -2.08. The number of nitrogens with zero attached hydrogens (tertiary/aromatic N) is 5. The minimum Gasteiger partial charge on any atom is -0.496 e. The number of carbonyl (C=O) groups excluding carboxylic acids is 1. The fourth-order valence-corrected chi connectivity index (χ4v) is 6.48. The van der Waals surface area contributed by atoms with Gasteiger partial charge in [0.1, 0.15) is 5.75 Å². The van der Waals surface area contributed by atoms with Gasteiger partial charge in [-0.3, -0.25) is 4.79 Å². The second-order valence-corrected chi connectivity index (χ2v) is 11.3. The van der Waals surface area contributed by atoms with Gasteiger partial charge in [-0.1, -0.05) is 54.2 Å². The van der Waals surface area contributed by atoms with Crippen LogP contribution in [0.4, 0.5) is 0 Å². The molecule has 5 rings (SSSR count). The molecule has 192 valence electrons. The Kier molecular flexibility index (Phi) is 7.04. The first kappa shape index (κ1) is 25.1. The van der Waals surface area contributed by atoms with Crippen LogP contribution in [0.25, 0.3) is 22.2 Å². The van der Waals surface area contributed by atoms with Gasteiger partial charge in [-0.25, -0.2) is 13.1 Å². The summed E-state index contributed by atoms with van der Waals surface area (Å²) in [5.74, 6) is 7.24. The number of ether oxygens (including phenoxy) is 1. The van der Waals surface area contributed by atoms with E-state index < -0.39 is 10.0 Å². The van der Waals surface area contributed by atoms with Gasteiger partial charge in [0.2, 0.25) is 21.1 Å². The van der Waals surface area contributed by atoms with E-state index in [1.165, 1.54) is 20.7 Å². The molecule has 1 fully saturated rings. The van der Waals surface area contributed by atoms with Crippen LogP contribution in [0.15, 0.2) is 76.8 Å². The Hall–Kier alpha value is -3.61. The highest BCUT2D eigenvalue weighted by atomic mass is 32.2. The summed E-state index contributed by atoms with van der Waals surface area (Å²) in [5, 5.41) is 10.5. The summed E-state index contributed by atoms with van der Waals surface area (Å²) in [5.41, 5.74) is 0.696. The van der Waals surface area contributed by atoms with Gasteiger partial charge in [0.15, 0.2) is 5.82 Å². The third-order valence-electron chi connectivity index (χ3n) is 6.29. The van der Waals surface area contributed by atoms with Gasteiger partial charge in [0.05, 0.1) is 23.3 Å². The maximum absolute atomic E-state index is 13.2. The molecule has 12 heteroatoms. The van der Waals surface area contributed by atoms with Crippen LogP contribution in [0.5, 0.6) is 5.75 Å². The lowest BCUT2D eigenvalue weighted by Crippen LogP contribution is -2.51. The molecular formula is C25H26N6O4S2. The van der Waals surface area contributed by atoms with Gasteiger partial charge in [-0.2, -0.15) is 4.31 Å². The Balaban J connectivity index is 1.19. The summed E-state index contributed by atoms with van der Waals surface area (Å²) in [6.07, 6.45) is 0. The van der Waals surface area contributed by atoms with Crippen LogP contribution < -0.4 is 10.6 Å². The minimum atomic E-state index is -3.65. The first-order chi connectivity index (χ1) is 17.9. The van der Waals surface area contributed by atoms with Crippen LogP contribution in [0.2, 0.25) is 0 Å². The van der Waals surface area contributed by atoms with Crippen molar-refractivity contribution in [3.8, 4) is 17.1 Å². The quantitative estimate of drug-likeness (QED) is 0.281. The van der Waals surface area contributed by atoms with Crippen LogP contribution >= 0.6 is 11.8 Å². The molecule has 37 heavy (non-hydrogen) atoms. The number of fused-ring (bicyclic) bond motifs is 1. The average molecular weight is 539 g/mol. The number of piperazine rings is 1. The third-order valence-corrected chi connectivity index (χ3v) is 9.11. The number of nitrogen functional groups attached to an aromatic ring is 1. The summed E-state index contributed by atoms with van der Waals surface area (Å²) < 4.78 is 34.5. The second-order valence-electron chi connectivity index (χ2n) is 8.46. The molecule has 0 saturated carbocycles. The number of para-hydroxylation sites is 1. The molecule has 1 saturated heterocycles. The van der Waals surface area contributed by atoms with Crippen LogP contribution in [0, 0.1) is 0 Å². The number of methoxy groups -OCH3 is 1. The third kappa shape index (κ3) is 4.99. The predicted molar refractivity (Wildman–Crippen MR) is 142 cm³/mol.